The van der Waals surface area contributed by atoms with Crippen LogP contribution in [0.3, 0.4) is 0 Å². The first-order valence-electron chi connectivity index (χ1n) is 4.48. The molecule has 1 atom stereocenters. The van der Waals surface area contributed by atoms with Gasteiger partial charge in [-0.25, -0.2) is 0 Å². The molecule has 0 heterocycles. The predicted octanol–water partition coefficient (Wildman–Crippen LogP) is 1.88. The first-order valence-corrected chi connectivity index (χ1v) is 9.23. The van der Waals surface area contributed by atoms with Gasteiger partial charge in [-0.05, 0) is 0 Å². The van der Waals surface area contributed by atoms with Crippen molar-refractivity contribution in [2.75, 3.05) is 0 Å². The number of hydrogen-bond donors (Lipinski definition) is 0. The summed E-state index contributed by atoms with van der Waals surface area (Å²) >= 11 is 0.132. The second-order valence-corrected chi connectivity index (χ2v) is 7.90. The molecule has 0 spiro atoms. The van der Waals surface area contributed by atoms with Gasteiger partial charge in [-0.2, -0.15) is 0 Å². The molecule has 0 radical (unpaired) electrons. The molecule has 78 valence electrons. The third-order valence-corrected chi connectivity index (χ3v) is 5.69. The molecule has 0 saturated carbocycles. The van der Waals surface area contributed by atoms with Crippen molar-refractivity contribution in [1.29, 1.82) is 0 Å². The average Bonchev–Trinajstić information content (AvgIpc) is 2.18. The minimum atomic E-state index is -2.04. The van der Waals surface area contributed by atoms with Crippen molar-refractivity contribution in [1.82, 2.24) is 0 Å². The molecule has 2 nitrogen and oxygen atoms in total. The minimum absolute atomic E-state index is 0.132. The third-order valence-electron chi connectivity index (χ3n) is 2.19. The van der Waals surface area contributed by atoms with Gasteiger partial charge in [0, 0.05) is 0 Å². The molecular formula is C10H14O2STe. The van der Waals surface area contributed by atoms with Gasteiger partial charge < -0.3 is 0 Å². The zero-order chi connectivity index (χ0) is 10.6. The maximum atomic E-state index is 10.6. The van der Waals surface area contributed by atoms with E-state index >= 15 is 0 Å². The fourth-order valence-electron chi connectivity index (χ4n) is 1.26. The first kappa shape index (κ1) is 12.0. The molecule has 0 aromatic rings. The van der Waals surface area contributed by atoms with Crippen LogP contribution in [0.15, 0.2) is 23.8 Å². The van der Waals surface area contributed by atoms with Crippen molar-refractivity contribution in [3.8, 4) is 0 Å². The van der Waals surface area contributed by atoms with E-state index in [-0.39, 0.29) is 20.9 Å². The van der Waals surface area contributed by atoms with E-state index in [2.05, 4.69) is 11.9 Å². The van der Waals surface area contributed by atoms with Crippen molar-refractivity contribution >= 4 is 36.1 Å². The van der Waals surface area contributed by atoms with Crippen molar-refractivity contribution < 1.29 is 8.42 Å². The van der Waals surface area contributed by atoms with Crippen LogP contribution in [-0.4, -0.2) is 34.2 Å². The molecule has 14 heavy (non-hydrogen) atoms. The van der Waals surface area contributed by atoms with E-state index in [1.807, 2.05) is 12.2 Å². The van der Waals surface area contributed by atoms with Crippen LogP contribution in [0.1, 0.15) is 19.8 Å². The van der Waals surface area contributed by atoms with Crippen molar-refractivity contribution in [3.63, 3.8) is 0 Å². The van der Waals surface area contributed by atoms with Crippen molar-refractivity contribution in [2.45, 2.75) is 28.7 Å². The first-order chi connectivity index (χ1) is 6.63. The Kier molecular flexibility index (Phi) is 4.94. The Morgan fingerprint density at radius 2 is 2.21 bits per heavy atom. The SMILES string of the molecule is C[Te]C(C)CC1=CCC(=S(=O)=O)C=C1. The number of hydrogen-bond acceptors (Lipinski definition) is 2. The van der Waals surface area contributed by atoms with Gasteiger partial charge in [0.25, 0.3) is 0 Å². The zero-order valence-corrected chi connectivity index (χ0v) is 11.5. The monoisotopic (exact) mass is 328 g/mol. The average molecular weight is 326 g/mol. The van der Waals surface area contributed by atoms with E-state index in [4.69, 9.17) is 0 Å². The molecule has 0 N–H and O–H groups in total. The van der Waals surface area contributed by atoms with Crippen LogP contribution < -0.4 is 0 Å². The van der Waals surface area contributed by atoms with Gasteiger partial charge in [0.05, 0.1) is 0 Å². The molecular weight excluding hydrogens is 312 g/mol. The summed E-state index contributed by atoms with van der Waals surface area (Å²) in [6, 6.07) is 0. The van der Waals surface area contributed by atoms with E-state index in [0.29, 0.717) is 11.3 Å². The third kappa shape index (κ3) is 3.61. The van der Waals surface area contributed by atoms with Gasteiger partial charge in [-0.1, -0.05) is 0 Å². The summed E-state index contributed by atoms with van der Waals surface area (Å²) in [7, 11) is -2.04. The van der Waals surface area contributed by atoms with Crippen molar-refractivity contribution in [3.05, 3.63) is 23.8 Å². The van der Waals surface area contributed by atoms with Gasteiger partial charge in [0.15, 0.2) is 0 Å². The van der Waals surface area contributed by atoms with E-state index < -0.39 is 10.3 Å². The summed E-state index contributed by atoms with van der Waals surface area (Å²) in [4.78, 5) is 2.79. The van der Waals surface area contributed by atoms with Gasteiger partial charge in [-0.15, -0.1) is 0 Å². The van der Waals surface area contributed by atoms with Crippen LogP contribution in [0.4, 0.5) is 0 Å². The standard InChI is InChI=1S/C10H14O2STe/c1-8(14-2)7-9-3-5-10(6-4-9)13(11)12/h3-5,8H,6-7H2,1-2H3. The molecule has 1 aliphatic rings. The summed E-state index contributed by atoms with van der Waals surface area (Å²) in [5.41, 5.74) is 1.29. The van der Waals surface area contributed by atoms with Crippen LogP contribution in [0.2, 0.25) is 8.94 Å². The van der Waals surface area contributed by atoms with Crippen LogP contribution in [0.5, 0.6) is 0 Å². The van der Waals surface area contributed by atoms with Crippen LogP contribution in [0, 0.1) is 0 Å². The Bertz CT molecular complexity index is 382. The molecule has 0 aromatic carbocycles. The fourth-order valence-corrected chi connectivity index (χ4v) is 2.68. The quantitative estimate of drug-likeness (QED) is 0.586. The van der Waals surface area contributed by atoms with E-state index in [1.165, 1.54) is 5.57 Å². The molecule has 0 aliphatic heterocycles. The van der Waals surface area contributed by atoms with E-state index in [9.17, 15) is 8.42 Å². The summed E-state index contributed by atoms with van der Waals surface area (Å²) in [5.74, 6) is 0. The Balaban J connectivity index is 2.65. The van der Waals surface area contributed by atoms with Crippen molar-refractivity contribution in [2.24, 2.45) is 0 Å². The maximum absolute atomic E-state index is 10.6. The fraction of sp³-hybridized carbons (Fsp3) is 0.500. The Morgan fingerprint density at radius 1 is 1.50 bits per heavy atom. The summed E-state index contributed by atoms with van der Waals surface area (Å²) in [6.07, 6.45) is 7.37. The van der Waals surface area contributed by atoms with Crippen LogP contribution in [-0.2, 0) is 10.3 Å². The predicted molar refractivity (Wildman–Crippen MR) is 61.4 cm³/mol. The van der Waals surface area contributed by atoms with Gasteiger partial charge in [-0.3, -0.25) is 0 Å². The Hall–Kier alpha value is -0.0404. The van der Waals surface area contributed by atoms with Crippen LogP contribution >= 0.6 is 0 Å². The Morgan fingerprint density at radius 3 is 2.64 bits per heavy atom. The van der Waals surface area contributed by atoms with Gasteiger partial charge >= 0.3 is 97.0 Å². The zero-order valence-electron chi connectivity index (χ0n) is 8.36. The molecule has 1 unspecified atom stereocenters. The molecule has 0 bridgehead atoms. The molecule has 0 aromatic heterocycles. The second kappa shape index (κ2) is 5.75. The van der Waals surface area contributed by atoms with Gasteiger partial charge in [0.2, 0.25) is 0 Å². The summed E-state index contributed by atoms with van der Waals surface area (Å²) in [6.45, 7) is 2.27. The molecule has 0 saturated heterocycles. The summed E-state index contributed by atoms with van der Waals surface area (Å²) in [5, 5.41) is 0. The number of rotatable bonds is 3. The molecule has 1 aliphatic carbocycles. The topological polar surface area (TPSA) is 34.1 Å². The summed E-state index contributed by atoms with van der Waals surface area (Å²) < 4.78 is 22.1. The molecule has 0 fully saturated rings. The van der Waals surface area contributed by atoms with E-state index in [0.717, 1.165) is 10.4 Å². The van der Waals surface area contributed by atoms with Gasteiger partial charge in [0.1, 0.15) is 0 Å². The molecule has 0 amide bonds. The normalized spacial score (nSPS) is 17.9. The molecule has 1 rings (SSSR count). The van der Waals surface area contributed by atoms with Crippen LogP contribution in [0.25, 0.3) is 0 Å². The number of allylic oxidation sites excluding steroid dienone is 4. The second-order valence-electron chi connectivity index (χ2n) is 3.27. The Labute approximate surface area is 96.7 Å². The van der Waals surface area contributed by atoms with E-state index in [1.54, 1.807) is 6.08 Å². The molecule has 4 heteroatoms.